The van der Waals surface area contributed by atoms with Crippen molar-refractivity contribution >= 4 is 41.3 Å². The van der Waals surface area contributed by atoms with Crippen molar-refractivity contribution in [1.82, 2.24) is 30.1 Å². The number of carboxylic acid groups (broad SMARTS) is 1. The minimum absolute atomic E-state index is 0.0122. The van der Waals surface area contributed by atoms with Gasteiger partial charge in [-0.2, -0.15) is 11.8 Å². The Hall–Kier alpha value is -3.91. The maximum atomic E-state index is 15.0. The van der Waals surface area contributed by atoms with Gasteiger partial charge < -0.3 is 46.3 Å². The molecule has 308 valence electrons. The molecular formula is C37H50F3N7O7S2. The molecular weight excluding hydrogens is 776 g/mol. The highest BCUT2D eigenvalue weighted by molar-refractivity contribution is 8.00. The Morgan fingerprint density at radius 2 is 1.91 bits per heavy atom. The van der Waals surface area contributed by atoms with Gasteiger partial charge in [0.1, 0.15) is 29.7 Å². The summed E-state index contributed by atoms with van der Waals surface area (Å²) in [6.07, 6.45) is 3.61. The summed E-state index contributed by atoms with van der Waals surface area (Å²) in [4.78, 5) is 47.2. The molecule has 2 aliphatic heterocycles. The number of benzene rings is 1. The Morgan fingerprint density at radius 3 is 2.64 bits per heavy atom. The Bertz CT molecular complexity index is 1780. The summed E-state index contributed by atoms with van der Waals surface area (Å²) in [6.45, 7) is 2.34. The summed E-state index contributed by atoms with van der Waals surface area (Å²) in [5.74, 6) is -2.63. The Labute approximate surface area is 331 Å². The zero-order chi connectivity index (χ0) is 40.2. The molecule has 1 aromatic carbocycles. The van der Waals surface area contributed by atoms with Crippen LogP contribution in [0.3, 0.4) is 0 Å². The number of carbonyl (C=O) groups is 3. The van der Waals surface area contributed by atoms with E-state index in [1.54, 1.807) is 4.90 Å². The second-order valence-electron chi connectivity index (χ2n) is 14.0. The van der Waals surface area contributed by atoms with E-state index < -0.39 is 41.8 Å². The number of carboxylic acids is 1. The highest BCUT2D eigenvalue weighted by atomic mass is 32.2. The fourth-order valence-corrected chi connectivity index (χ4v) is 8.55. The molecule has 0 spiro atoms. The standard InChI is InChI=1S/C37H50F3N7O7S2/c38-24-5-6-26(39)25(14-24)29-18-44-35(45-29)34(22-7-11-54-12-8-22)47(19-23-16-42-17-27(23)40)33(50)21-55-13-9-43-31(48)4-2-1-3-10-46-32(49)15-30(36(46)51)56-20-28(41)37(52)53/h5-6,14-15,18,22-23,27-28,34,42,49,51H,1-4,7-13,16-17,19-21,41H2,(H,43,48)(H,44,45)(H,52,53). The molecule has 19 heteroatoms. The van der Waals surface area contributed by atoms with Gasteiger partial charge in [-0.25, -0.2) is 18.2 Å². The minimum Gasteiger partial charge on any atom is -0.494 e. The molecule has 0 aliphatic carbocycles. The molecule has 2 saturated heterocycles. The van der Waals surface area contributed by atoms with Crippen LogP contribution < -0.4 is 16.4 Å². The number of nitrogens with zero attached hydrogens (tertiary/aromatic N) is 3. The molecule has 0 bridgehead atoms. The average Bonchev–Trinajstić information content (AvgIpc) is 3.90. The van der Waals surface area contributed by atoms with Gasteiger partial charge in [0.05, 0.1) is 28.6 Å². The molecule has 0 radical (unpaired) electrons. The van der Waals surface area contributed by atoms with E-state index in [-0.39, 0.29) is 71.8 Å². The van der Waals surface area contributed by atoms with E-state index in [2.05, 4.69) is 20.6 Å². The molecule has 5 rings (SSSR count). The monoisotopic (exact) mass is 825 g/mol. The molecule has 4 atom stereocenters. The number of imidazole rings is 1. The normalized spacial score (nSPS) is 18.5. The second kappa shape index (κ2) is 21.0. The second-order valence-corrected chi connectivity index (χ2v) is 16.2. The number of aromatic nitrogens is 3. The lowest BCUT2D eigenvalue weighted by Crippen LogP contribution is -2.45. The zero-order valence-electron chi connectivity index (χ0n) is 30.9. The fraction of sp³-hybridized carbons (Fsp3) is 0.568. The van der Waals surface area contributed by atoms with Gasteiger partial charge in [-0.1, -0.05) is 6.42 Å². The topological polar surface area (TPSA) is 208 Å². The maximum Gasteiger partial charge on any atom is 0.321 e. The number of amides is 2. The number of halogens is 3. The first kappa shape index (κ1) is 43.2. The third-order valence-corrected chi connectivity index (χ3v) is 12.1. The van der Waals surface area contributed by atoms with Crippen molar-refractivity contribution in [1.29, 1.82) is 0 Å². The van der Waals surface area contributed by atoms with Crippen LogP contribution in [0.2, 0.25) is 0 Å². The molecule has 56 heavy (non-hydrogen) atoms. The van der Waals surface area contributed by atoms with E-state index in [0.717, 1.165) is 30.0 Å². The van der Waals surface area contributed by atoms with E-state index in [0.29, 0.717) is 81.4 Å². The predicted molar refractivity (Wildman–Crippen MR) is 206 cm³/mol. The summed E-state index contributed by atoms with van der Waals surface area (Å²) >= 11 is 2.38. The number of hydrogen-bond acceptors (Lipinski definition) is 11. The van der Waals surface area contributed by atoms with Crippen LogP contribution in [0, 0.1) is 23.5 Å². The molecule has 2 fully saturated rings. The van der Waals surface area contributed by atoms with Crippen LogP contribution in [-0.2, 0) is 25.7 Å². The van der Waals surface area contributed by atoms with Gasteiger partial charge in [-0.05, 0) is 49.8 Å². The Morgan fingerprint density at radius 1 is 1.12 bits per heavy atom. The molecule has 4 unspecified atom stereocenters. The molecule has 2 aromatic heterocycles. The van der Waals surface area contributed by atoms with Crippen molar-refractivity contribution in [3.63, 3.8) is 0 Å². The summed E-state index contributed by atoms with van der Waals surface area (Å²) in [5, 5.41) is 35.5. The van der Waals surface area contributed by atoms with Gasteiger partial charge in [0.15, 0.2) is 5.88 Å². The minimum atomic E-state index is -1.16. The number of alkyl halides is 1. The lowest BCUT2D eigenvalue weighted by atomic mass is 9.89. The van der Waals surface area contributed by atoms with E-state index >= 15 is 0 Å². The number of aromatic amines is 1. The summed E-state index contributed by atoms with van der Waals surface area (Å²) in [7, 11) is 0. The van der Waals surface area contributed by atoms with E-state index in [1.165, 1.54) is 28.6 Å². The van der Waals surface area contributed by atoms with Gasteiger partial charge in [0.25, 0.3) is 0 Å². The van der Waals surface area contributed by atoms with Crippen LogP contribution in [0.1, 0.15) is 50.4 Å². The van der Waals surface area contributed by atoms with E-state index in [1.807, 2.05) is 0 Å². The van der Waals surface area contributed by atoms with Crippen LogP contribution >= 0.6 is 23.5 Å². The molecule has 2 amide bonds. The lowest BCUT2D eigenvalue weighted by Gasteiger charge is -2.39. The number of unbranched alkanes of at least 4 members (excludes halogenated alkanes) is 2. The van der Waals surface area contributed by atoms with Gasteiger partial charge in [0.2, 0.25) is 17.7 Å². The fourth-order valence-electron chi connectivity index (χ4n) is 6.89. The maximum absolute atomic E-state index is 15.0. The summed E-state index contributed by atoms with van der Waals surface area (Å²) < 4.78 is 50.6. The van der Waals surface area contributed by atoms with Crippen LogP contribution in [0.15, 0.2) is 35.4 Å². The van der Waals surface area contributed by atoms with Gasteiger partial charge >= 0.3 is 5.97 Å². The SMILES string of the molecule is NC(CSc1cc(O)n(CCCCCC(=O)NCCSCC(=O)N(CC2CNCC2F)C(c2ncc(-c3cc(F)ccc3F)[nH]2)C2CCOCC2)c1O)C(=O)O. The van der Waals surface area contributed by atoms with Crippen molar-refractivity contribution in [2.75, 3.05) is 56.7 Å². The smallest absolute Gasteiger partial charge is 0.321 e. The Balaban J connectivity index is 1.11. The highest BCUT2D eigenvalue weighted by Gasteiger charge is 2.39. The van der Waals surface area contributed by atoms with Crippen molar-refractivity contribution in [3.05, 3.63) is 47.9 Å². The number of aliphatic carboxylic acids is 1. The largest absolute Gasteiger partial charge is 0.494 e. The number of H-pyrrole nitrogens is 1. The average molecular weight is 826 g/mol. The number of nitrogens with one attached hydrogen (secondary N) is 3. The molecule has 8 N–H and O–H groups in total. The number of hydrogen-bond donors (Lipinski definition) is 7. The van der Waals surface area contributed by atoms with Crippen molar-refractivity contribution in [2.45, 2.75) is 68.2 Å². The number of thioether (sulfide) groups is 2. The van der Waals surface area contributed by atoms with Crippen molar-refractivity contribution in [3.8, 4) is 23.0 Å². The molecule has 2 aliphatic rings. The third kappa shape index (κ3) is 11.8. The third-order valence-electron chi connectivity index (χ3n) is 9.98. The van der Waals surface area contributed by atoms with E-state index in [9.17, 15) is 37.8 Å². The number of rotatable bonds is 21. The van der Waals surface area contributed by atoms with Crippen LogP contribution in [-0.4, -0.2) is 121 Å². The number of nitrogens with two attached hydrogens (primary N) is 1. The first-order chi connectivity index (χ1) is 26.9. The molecule has 4 heterocycles. The first-order valence-corrected chi connectivity index (χ1v) is 20.9. The lowest BCUT2D eigenvalue weighted by molar-refractivity contribution is -0.138. The van der Waals surface area contributed by atoms with Gasteiger partial charge in [-0.3, -0.25) is 19.0 Å². The van der Waals surface area contributed by atoms with E-state index in [4.69, 9.17) is 15.6 Å². The summed E-state index contributed by atoms with van der Waals surface area (Å²) in [6, 6.07) is 2.83. The zero-order valence-corrected chi connectivity index (χ0v) is 32.6. The van der Waals surface area contributed by atoms with Gasteiger partial charge in [0, 0.05) is 81.4 Å². The van der Waals surface area contributed by atoms with Gasteiger partial charge in [-0.15, -0.1) is 11.8 Å². The summed E-state index contributed by atoms with van der Waals surface area (Å²) in [5.41, 5.74) is 5.79. The van der Waals surface area contributed by atoms with Crippen LogP contribution in [0.25, 0.3) is 11.3 Å². The van der Waals surface area contributed by atoms with Crippen molar-refractivity contribution in [2.24, 2.45) is 17.6 Å². The number of ether oxygens (including phenoxy) is 1. The van der Waals surface area contributed by atoms with Crippen molar-refractivity contribution < 1.29 is 47.6 Å². The number of aromatic hydroxyl groups is 2. The molecule has 0 saturated carbocycles. The number of carbonyl (C=O) groups excluding carboxylic acids is 2. The molecule has 3 aromatic rings. The highest BCUT2D eigenvalue weighted by Crippen LogP contribution is 2.38. The van der Waals surface area contributed by atoms with Crippen LogP contribution in [0.5, 0.6) is 11.8 Å². The Kier molecular flexibility index (Phi) is 16.2. The van der Waals surface area contributed by atoms with Crippen LogP contribution in [0.4, 0.5) is 13.2 Å². The quantitative estimate of drug-likeness (QED) is 0.0601. The first-order valence-electron chi connectivity index (χ1n) is 18.7. The predicted octanol–water partition coefficient (Wildman–Crippen LogP) is 4.04. The molecule has 14 nitrogen and oxygen atoms in total.